The van der Waals surface area contributed by atoms with Crippen LogP contribution in [0.25, 0.3) is 6.08 Å². The van der Waals surface area contributed by atoms with Crippen LogP contribution in [0.15, 0.2) is 30.3 Å². The molecule has 1 aliphatic rings. The maximum atomic E-state index is 12.5. The van der Waals surface area contributed by atoms with E-state index in [4.69, 9.17) is 14.2 Å². The van der Waals surface area contributed by atoms with Gasteiger partial charge < -0.3 is 18.8 Å². The number of carbonyl (C=O) groups is 2. The molecule has 0 saturated heterocycles. The van der Waals surface area contributed by atoms with E-state index in [9.17, 15) is 9.59 Å². The van der Waals surface area contributed by atoms with E-state index < -0.39 is 5.97 Å². The highest BCUT2D eigenvalue weighted by Gasteiger charge is 2.16. The third kappa shape index (κ3) is 5.08. The van der Waals surface area contributed by atoms with Gasteiger partial charge in [0.15, 0.2) is 18.1 Å². The number of carbonyl (C=O) groups excluding carboxylic acids is 2. The number of ketones is 1. The van der Waals surface area contributed by atoms with Crippen molar-refractivity contribution < 1.29 is 23.8 Å². The zero-order valence-corrected chi connectivity index (χ0v) is 17.2. The number of aryl methyl sites for hydroxylation is 1. The monoisotopic (exact) mass is 397 g/mol. The topological polar surface area (TPSA) is 66.8 Å². The Morgan fingerprint density at radius 2 is 1.90 bits per heavy atom. The van der Waals surface area contributed by atoms with E-state index in [0.717, 1.165) is 36.3 Å². The van der Waals surface area contributed by atoms with Crippen molar-refractivity contribution in [2.24, 2.45) is 0 Å². The van der Waals surface area contributed by atoms with Crippen LogP contribution in [0.5, 0.6) is 11.5 Å². The van der Waals surface area contributed by atoms with Crippen molar-refractivity contribution in [1.29, 1.82) is 0 Å². The third-order valence-electron chi connectivity index (χ3n) is 4.85. The standard InChI is InChI=1S/C23H27NO5/c1-4-10-24-16(2)13-19(17(24)3)20(25)15-29-23(26)9-7-18-6-8-21-22(14-18)28-12-5-11-27-21/h6-9,13-14H,4-5,10-12,15H2,1-3H3/b9-7+. The number of ether oxygens (including phenoxy) is 3. The van der Waals surface area contributed by atoms with Crippen LogP contribution in [0.2, 0.25) is 0 Å². The Morgan fingerprint density at radius 3 is 2.66 bits per heavy atom. The van der Waals surface area contributed by atoms with Crippen LogP contribution < -0.4 is 9.47 Å². The Balaban J connectivity index is 1.58. The lowest BCUT2D eigenvalue weighted by molar-refractivity contribution is -0.136. The molecule has 154 valence electrons. The van der Waals surface area contributed by atoms with E-state index in [2.05, 4.69) is 11.5 Å². The molecule has 0 unspecified atom stereocenters. The first-order valence-corrected chi connectivity index (χ1v) is 9.94. The minimum Gasteiger partial charge on any atom is -0.490 e. The number of aromatic nitrogens is 1. The first-order chi connectivity index (χ1) is 14.0. The largest absolute Gasteiger partial charge is 0.490 e. The fourth-order valence-corrected chi connectivity index (χ4v) is 3.36. The summed E-state index contributed by atoms with van der Waals surface area (Å²) >= 11 is 0. The summed E-state index contributed by atoms with van der Waals surface area (Å²) in [5.41, 5.74) is 3.35. The Bertz CT molecular complexity index is 926. The Morgan fingerprint density at radius 1 is 1.14 bits per heavy atom. The van der Waals surface area contributed by atoms with Crippen LogP contribution in [-0.4, -0.2) is 36.1 Å². The molecule has 0 fully saturated rings. The number of hydrogen-bond acceptors (Lipinski definition) is 5. The second-order valence-electron chi connectivity index (χ2n) is 7.06. The minimum absolute atomic E-state index is 0.196. The summed E-state index contributed by atoms with van der Waals surface area (Å²) in [5.74, 6) is 0.606. The zero-order chi connectivity index (χ0) is 20.8. The van der Waals surface area contributed by atoms with E-state index in [-0.39, 0.29) is 12.4 Å². The number of Topliss-reactive ketones (excluding diaryl/α,β-unsaturated/α-hetero) is 1. The first kappa shape index (κ1) is 20.7. The van der Waals surface area contributed by atoms with Crippen LogP contribution in [0, 0.1) is 13.8 Å². The van der Waals surface area contributed by atoms with Crippen LogP contribution in [0.3, 0.4) is 0 Å². The van der Waals surface area contributed by atoms with Crippen molar-refractivity contribution in [2.75, 3.05) is 19.8 Å². The summed E-state index contributed by atoms with van der Waals surface area (Å²) in [6.07, 6.45) is 4.77. The molecule has 0 spiro atoms. The van der Waals surface area contributed by atoms with Crippen LogP contribution in [0.4, 0.5) is 0 Å². The van der Waals surface area contributed by atoms with Gasteiger partial charge in [0.25, 0.3) is 0 Å². The average molecular weight is 397 g/mol. The van der Waals surface area contributed by atoms with Crippen molar-refractivity contribution in [3.8, 4) is 11.5 Å². The highest BCUT2D eigenvalue weighted by molar-refractivity contribution is 6.00. The van der Waals surface area contributed by atoms with E-state index in [0.29, 0.717) is 30.3 Å². The highest BCUT2D eigenvalue weighted by Crippen LogP contribution is 2.30. The normalized spacial score (nSPS) is 13.3. The maximum absolute atomic E-state index is 12.5. The van der Waals surface area contributed by atoms with Gasteiger partial charge in [0.2, 0.25) is 5.78 Å². The van der Waals surface area contributed by atoms with Gasteiger partial charge in [0.05, 0.1) is 13.2 Å². The molecule has 0 aliphatic carbocycles. The molecule has 1 aliphatic heterocycles. The molecule has 6 nitrogen and oxygen atoms in total. The molecule has 0 amide bonds. The molecule has 1 aromatic carbocycles. The number of nitrogens with zero attached hydrogens (tertiary/aromatic N) is 1. The lowest BCUT2D eigenvalue weighted by Gasteiger charge is -2.08. The smallest absolute Gasteiger partial charge is 0.331 e. The molecule has 0 bridgehead atoms. The van der Waals surface area contributed by atoms with Gasteiger partial charge in [-0.1, -0.05) is 13.0 Å². The third-order valence-corrected chi connectivity index (χ3v) is 4.85. The van der Waals surface area contributed by atoms with Gasteiger partial charge in [-0.3, -0.25) is 4.79 Å². The number of benzene rings is 1. The summed E-state index contributed by atoms with van der Waals surface area (Å²) in [7, 11) is 0. The van der Waals surface area contributed by atoms with Crippen LogP contribution in [-0.2, 0) is 16.1 Å². The first-order valence-electron chi connectivity index (χ1n) is 9.94. The molecule has 2 heterocycles. The molecule has 0 atom stereocenters. The molecule has 29 heavy (non-hydrogen) atoms. The second-order valence-corrected chi connectivity index (χ2v) is 7.06. The average Bonchev–Trinajstić information content (AvgIpc) is 2.88. The SMILES string of the molecule is CCCn1c(C)cc(C(=O)COC(=O)/C=C/c2ccc3c(c2)OCCCO3)c1C. The zero-order valence-electron chi connectivity index (χ0n) is 17.2. The molecule has 6 heteroatoms. The number of hydrogen-bond donors (Lipinski definition) is 0. The number of esters is 1. The predicted octanol–water partition coefficient (Wildman–Crippen LogP) is 4.12. The molecule has 1 aromatic heterocycles. The number of fused-ring (bicyclic) bond motifs is 1. The van der Waals surface area contributed by atoms with E-state index in [1.165, 1.54) is 6.08 Å². The van der Waals surface area contributed by atoms with Gasteiger partial charge >= 0.3 is 5.97 Å². The van der Waals surface area contributed by atoms with Crippen molar-refractivity contribution in [1.82, 2.24) is 4.57 Å². The quantitative estimate of drug-likeness (QED) is 0.399. The van der Waals surface area contributed by atoms with Gasteiger partial charge in [-0.25, -0.2) is 4.79 Å². The summed E-state index contributed by atoms with van der Waals surface area (Å²) in [5, 5.41) is 0. The van der Waals surface area contributed by atoms with Gasteiger partial charge in [0, 0.05) is 36.0 Å². The Kier molecular flexibility index (Phi) is 6.75. The van der Waals surface area contributed by atoms with Gasteiger partial charge in [-0.05, 0) is 50.1 Å². The van der Waals surface area contributed by atoms with Crippen LogP contribution >= 0.6 is 0 Å². The molecular weight excluding hydrogens is 370 g/mol. The van der Waals surface area contributed by atoms with Gasteiger partial charge in [0.1, 0.15) is 0 Å². The van der Waals surface area contributed by atoms with Crippen molar-refractivity contribution in [3.05, 3.63) is 52.9 Å². The molecular formula is C23H27NO5. The van der Waals surface area contributed by atoms with E-state index in [1.54, 1.807) is 6.08 Å². The fraction of sp³-hybridized carbons (Fsp3) is 0.391. The van der Waals surface area contributed by atoms with Crippen molar-refractivity contribution >= 4 is 17.8 Å². The second kappa shape index (κ2) is 9.45. The summed E-state index contributed by atoms with van der Waals surface area (Å²) in [4.78, 5) is 24.5. The van der Waals surface area contributed by atoms with E-state index in [1.807, 2.05) is 38.1 Å². The Hall–Kier alpha value is -3.02. The molecule has 0 radical (unpaired) electrons. The maximum Gasteiger partial charge on any atom is 0.331 e. The number of rotatable bonds is 7. The van der Waals surface area contributed by atoms with Gasteiger partial charge in [-0.2, -0.15) is 0 Å². The fourth-order valence-electron chi connectivity index (χ4n) is 3.36. The molecule has 0 saturated carbocycles. The lowest BCUT2D eigenvalue weighted by atomic mass is 10.1. The summed E-state index contributed by atoms with van der Waals surface area (Å²) in [6, 6.07) is 7.33. The van der Waals surface area contributed by atoms with Gasteiger partial charge in [-0.15, -0.1) is 0 Å². The highest BCUT2D eigenvalue weighted by atomic mass is 16.5. The van der Waals surface area contributed by atoms with Crippen molar-refractivity contribution in [3.63, 3.8) is 0 Å². The van der Waals surface area contributed by atoms with Crippen molar-refractivity contribution in [2.45, 2.75) is 40.2 Å². The predicted molar refractivity (Wildman–Crippen MR) is 111 cm³/mol. The lowest BCUT2D eigenvalue weighted by Crippen LogP contribution is -2.13. The van der Waals surface area contributed by atoms with E-state index >= 15 is 0 Å². The minimum atomic E-state index is -0.562. The molecule has 3 rings (SSSR count). The van der Waals surface area contributed by atoms with Crippen LogP contribution in [0.1, 0.15) is 47.1 Å². The summed E-state index contributed by atoms with van der Waals surface area (Å²) < 4.78 is 18.5. The summed E-state index contributed by atoms with van der Waals surface area (Å²) in [6.45, 7) is 7.80. The molecule has 0 N–H and O–H groups in total. The Labute approximate surface area is 171 Å². The molecule has 2 aromatic rings.